The van der Waals surface area contributed by atoms with Crippen LogP contribution in [0.1, 0.15) is 6.92 Å². The lowest BCUT2D eigenvalue weighted by molar-refractivity contribution is 0.414. The van der Waals surface area contributed by atoms with Crippen molar-refractivity contribution in [2.75, 3.05) is 19.0 Å². The number of hydrogen-bond donors (Lipinski definition) is 1. The van der Waals surface area contributed by atoms with Crippen molar-refractivity contribution in [2.45, 2.75) is 6.92 Å². The second-order valence-corrected chi connectivity index (χ2v) is 3.88. The van der Waals surface area contributed by atoms with Crippen LogP contribution in [0.5, 0.6) is 5.75 Å². The highest BCUT2D eigenvalue weighted by molar-refractivity contribution is 6.32. The van der Waals surface area contributed by atoms with Crippen LogP contribution in [-0.2, 0) is 0 Å². The van der Waals surface area contributed by atoms with Crippen molar-refractivity contribution >= 4 is 17.5 Å². The minimum absolute atomic E-state index is 0.656. The first-order chi connectivity index (χ1) is 8.26. The third-order valence-corrected chi connectivity index (χ3v) is 2.71. The Morgan fingerprint density at radius 3 is 3.00 bits per heavy atom. The molecule has 1 N–H and O–H groups in total. The van der Waals surface area contributed by atoms with E-state index < -0.39 is 0 Å². The molecule has 4 nitrogen and oxygen atoms in total. The Morgan fingerprint density at radius 2 is 2.29 bits per heavy atom. The first-order valence-electron chi connectivity index (χ1n) is 5.37. The summed E-state index contributed by atoms with van der Waals surface area (Å²) < 4.78 is 7.09. The Hall–Kier alpha value is -1.68. The van der Waals surface area contributed by atoms with E-state index in [4.69, 9.17) is 16.3 Å². The Morgan fingerprint density at radius 1 is 1.47 bits per heavy atom. The van der Waals surface area contributed by atoms with E-state index in [1.807, 2.05) is 35.9 Å². The third-order valence-electron chi connectivity index (χ3n) is 2.39. The van der Waals surface area contributed by atoms with Crippen molar-refractivity contribution in [3.8, 4) is 11.4 Å². The molecule has 0 aliphatic heterocycles. The number of nitrogens with one attached hydrogen (secondary N) is 1. The molecule has 0 fully saturated rings. The molecule has 0 spiro atoms. The molecule has 0 saturated heterocycles. The molecule has 1 aromatic carbocycles. The van der Waals surface area contributed by atoms with Crippen LogP contribution in [-0.4, -0.2) is 23.2 Å². The fraction of sp³-hybridized carbons (Fsp3) is 0.250. The number of ether oxygens (including phenoxy) is 1. The van der Waals surface area contributed by atoms with Gasteiger partial charge >= 0.3 is 0 Å². The van der Waals surface area contributed by atoms with Crippen molar-refractivity contribution in [2.24, 2.45) is 0 Å². The first-order valence-corrected chi connectivity index (χ1v) is 5.75. The van der Waals surface area contributed by atoms with Gasteiger partial charge in [0.05, 0.1) is 17.8 Å². The Labute approximate surface area is 105 Å². The minimum atomic E-state index is 0.656. The van der Waals surface area contributed by atoms with E-state index in [2.05, 4.69) is 10.3 Å². The zero-order chi connectivity index (χ0) is 12.3. The quantitative estimate of drug-likeness (QED) is 0.908. The molecule has 2 aromatic rings. The number of methoxy groups -OCH3 is 1. The summed E-state index contributed by atoms with van der Waals surface area (Å²) in [6.07, 6.45) is 3.59. The van der Waals surface area contributed by atoms with Gasteiger partial charge in [0.25, 0.3) is 0 Å². The molecule has 90 valence electrons. The number of anilines is 1. The maximum absolute atomic E-state index is 6.18. The van der Waals surface area contributed by atoms with Crippen LogP contribution in [0.25, 0.3) is 5.69 Å². The summed E-state index contributed by atoms with van der Waals surface area (Å²) >= 11 is 6.18. The molecule has 17 heavy (non-hydrogen) atoms. The van der Waals surface area contributed by atoms with E-state index in [1.54, 1.807) is 13.3 Å². The van der Waals surface area contributed by atoms with Gasteiger partial charge in [-0.3, -0.25) is 4.57 Å². The number of halogens is 1. The Balaban J connectivity index is 2.47. The Kier molecular flexibility index (Phi) is 3.54. The molecular weight excluding hydrogens is 238 g/mol. The van der Waals surface area contributed by atoms with Gasteiger partial charge in [0.2, 0.25) is 5.95 Å². The lowest BCUT2D eigenvalue weighted by Crippen LogP contribution is -2.05. The first kappa shape index (κ1) is 11.8. The zero-order valence-electron chi connectivity index (χ0n) is 9.77. The van der Waals surface area contributed by atoms with Crippen molar-refractivity contribution in [3.63, 3.8) is 0 Å². The molecule has 0 amide bonds. The van der Waals surface area contributed by atoms with Gasteiger partial charge in [0.15, 0.2) is 0 Å². The molecule has 0 unspecified atom stereocenters. The number of nitrogens with zero attached hydrogens (tertiary/aromatic N) is 2. The molecule has 0 aliphatic carbocycles. The summed E-state index contributed by atoms with van der Waals surface area (Å²) in [5, 5.41) is 3.83. The number of imidazole rings is 1. The molecule has 1 heterocycles. The second-order valence-electron chi connectivity index (χ2n) is 3.47. The van der Waals surface area contributed by atoms with Crippen molar-refractivity contribution in [3.05, 3.63) is 35.6 Å². The largest absolute Gasteiger partial charge is 0.497 e. The summed E-state index contributed by atoms with van der Waals surface area (Å²) in [6.45, 7) is 2.82. The van der Waals surface area contributed by atoms with Gasteiger partial charge in [-0.1, -0.05) is 11.6 Å². The molecular formula is C12H14ClN3O. The van der Waals surface area contributed by atoms with E-state index in [0.29, 0.717) is 5.02 Å². The van der Waals surface area contributed by atoms with E-state index in [-0.39, 0.29) is 0 Å². The maximum Gasteiger partial charge on any atom is 0.207 e. The molecule has 0 saturated carbocycles. The molecule has 5 heteroatoms. The highest BCUT2D eigenvalue weighted by Gasteiger charge is 2.08. The lowest BCUT2D eigenvalue weighted by atomic mass is 10.3. The van der Waals surface area contributed by atoms with Crippen molar-refractivity contribution in [1.82, 2.24) is 9.55 Å². The third kappa shape index (κ3) is 2.36. The van der Waals surface area contributed by atoms with Crippen LogP contribution in [0.4, 0.5) is 5.95 Å². The predicted octanol–water partition coefficient (Wildman–Crippen LogP) is 2.97. The van der Waals surface area contributed by atoms with Crippen LogP contribution in [0.3, 0.4) is 0 Å². The maximum atomic E-state index is 6.18. The SMILES string of the molecule is CCNc1nccn1-c1cc(OC)ccc1Cl. The highest BCUT2D eigenvalue weighted by Crippen LogP contribution is 2.27. The topological polar surface area (TPSA) is 39.1 Å². The molecule has 0 atom stereocenters. The second kappa shape index (κ2) is 5.10. The number of hydrogen-bond acceptors (Lipinski definition) is 3. The normalized spacial score (nSPS) is 10.3. The van der Waals surface area contributed by atoms with Gasteiger partial charge in [0.1, 0.15) is 5.75 Å². The van der Waals surface area contributed by atoms with Crippen LogP contribution < -0.4 is 10.1 Å². The van der Waals surface area contributed by atoms with Gasteiger partial charge < -0.3 is 10.1 Å². The fourth-order valence-corrected chi connectivity index (χ4v) is 1.80. The summed E-state index contributed by atoms with van der Waals surface area (Å²) in [5.41, 5.74) is 0.847. The average Bonchev–Trinajstić information content (AvgIpc) is 2.78. The van der Waals surface area contributed by atoms with E-state index in [1.165, 1.54) is 0 Å². The molecule has 0 radical (unpaired) electrons. The number of rotatable bonds is 4. The summed E-state index contributed by atoms with van der Waals surface area (Å²) in [7, 11) is 1.63. The van der Waals surface area contributed by atoms with Gasteiger partial charge in [0, 0.05) is 25.0 Å². The Bertz CT molecular complexity index is 510. The van der Waals surface area contributed by atoms with Gasteiger partial charge in [-0.05, 0) is 19.1 Å². The van der Waals surface area contributed by atoms with Gasteiger partial charge in [-0.25, -0.2) is 4.98 Å². The predicted molar refractivity (Wildman–Crippen MR) is 69.3 cm³/mol. The van der Waals surface area contributed by atoms with E-state index in [0.717, 1.165) is 23.9 Å². The highest BCUT2D eigenvalue weighted by atomic mass is 35.5. The average molecular weight is 252 g/mol. The smallest absolute Gasteiger partial charge is 0.207 e. The lowest BCUT2D eigenvalue weighted by Gasteiger charge is -2.11. The van der Waals surface area contributed by atoms with Crippen LogP contribution >= 0.6 is 11.6 Å². The van der Waals surface area contributed by atoms with Gasteiger partial charge in [-0.2, -0.15) is 0 Å². The van der Waals surface area contributed by atoms with Crippen LogP contribution in [0, 0.1) is 0 Å². The molecule has 0 aliphatic rings. The zero-order valence-corrected chi connectivity index (χ0v) is 10.5. The molecule has 2 rings (SSSR count). The van der Waals surface area contributed by atoms with E-state index in [9.17, 15) is 0 Å². The summed E-state index contributed by atoms with van der Waals surface area (Å²) in [4.78, 5) is 4.23. The monoisotopic (exact) mass is 251 g/mol. The summed E-state index contributed by atoms with van der Waals surface area (Å²) in [6, 6.07) is 5.52. The van der Waals surface area contributed by atoms with Crippen LogP contribution in [0.15, 0.2) is 30.6 Å². The molecule has 1 aromatic heterocycles. The minimum Gasteiger partial charge on any atom is -0.497 e. The number of aromatic nitrogens is 2. The number of benzene rings is 1. The van der Waals surface area contributed by atoms with Gasteiger partial charge in [-0.15, -0.1) is 0 Å². The summed E-state index contributed by atoms with van der Waals surface area (Å²) in [5.74, 6) is 1.53. The van der Waals surface area contributed by atoms with Crippen molar-refractivity contribution < 1.29 is 4.74 Å². The molecule has 0 bridgehead atoms. The van der Waals surface area contributed by atoms with Crippen LogP contribution in [0.2, 0.25) is 5.02 Å². The standard InChI is InChI=1S/C12H14ClN3O/c1-3-14-12-15-6-7-16(12)11-8-9(17-2)4-5-10(11)13/h4-8H,3H2,1-2H3,(H,14,15). The van der Waals surface area contributed by atoms with Crippen molar-refractivity contribution in [1.29, 1.82) is 0 Å². The fourth-order valence-electron chi connectivity index (χ4n) is 1.59. The van der Waals surface area contributed by atoms with E-state index >= 15 is 0 Å².